The second-order valence-electron chi connectivity index (χ2n) is 4.91. The van der Waals surface area contributed by atoms with Crippen molar-refractivity contribution in [3.63, 3.8) is 0 Å². The maximum absolute atomic E-state index is 3.45. The van der Waals surface area contributed by atoms with Crippen molar-refractivity contribution in [2.75, 3.05) is 39.2 Å². The zero-order chi connectivity index (χ0) is 13.4. The Morgan fingerprint density at radius 1 is 1.28 bits per heavy atom. The van der Waals surface area contributed by atoms with Gasteiger partial charge in [-0.05, 0) is 31.8 Å². The van der Waals surface area contributed by atoms with Crippen LogP contribution >= 0.6 is 11.8 Å². The molecule has 3 heteroatoms. The average molecular weight is 266 g/mol. The summed E-state index contributed by atoms with van der Waals surface area (Å²) >= 11 is 1.91. The Balaban J connectivity index is 2.55. The molecule has 0 amide bonds. The van der Waals surface area contributed by atoms with E-state index in [1.807, 2.05) is 11.8 Å². The van der Waals surface area contributed by atoms with Crippen molar-refractivity contribution in [1.29, 1.82) is 0 Å². The third-order valence-electron chi connectivity index (χ3n) is 3.32. The largest absolute Gasteiger partial charge is 0.313 e. The van der Waals surface area contributed by atoms with Gasteiger partial charge in [-0.3, -0.25) is 0 Å². The van der Waals surface area contributed by atoms with E-state index in [0.717, 1.165) is 13.1 Å². The Kier molecular flexibility index (Phi) is 7.40. The van der Waals surface area contributed by atoms with Crippen LogP contribution in [0.1, 0.15) is 18.5 Å². The van der Waals surface area contributed by atoms with Crippen LogP contribution in [-0.2, 0) is 0 Å². The van der Waals surface area contributed by atoms with Crippen LogP contribution in [0.5, 0.6) is 0 Å². The smallest absolute Gasteiger partial charge is 0.0355 e. The summed E-state index contributed by atoms with van der Waals surface area (Å²) in [6, 6.07) is 11.2. The van der Waals surface area contributed by atoms with E-state index >= 15 is 0 Å². The van der Waals surface area contributed by atoms with E-state index < -0.39 is 0 Å². The first-order chi connectivity index (χ1) is 8.69. The van der Waals surface area contributed by atoms with E-state index in [0.29, 0.717) is 12.0 Å². The topological polar surface area (TPSA) is 15.3 Å². The third-order valence-corrected chi connectivity index (χ3v) is 3.91. The second kappa shape index (κ2) is 8.57. The highest BCUT2D eigenvalue weighted by atomic mass is 32.2. The zero-order valence-corrected chi connectivity index (χ0v) is 12.8. The molecular formula is C15H26N2S. The van der Waals surface area contributed by atoms with Gasteiger partial charge in [0.05, 0.1) is 0 Å². The van der Waals surface area contributed by atoms with Gasteiger partial charge < -0.3 is 10.2 Å². The van der Waals surface area contributed by atoms with E-state index in [4.69, 9.17) is 0 Å². The van der Waals surface area contributed by atoms with Crippen molar-refractivity contribution in [2.24, 2.45) is 5.92 Å². The summed E-state index contributed by atoms with van der Waals surface area (Å²) in [7, 11) is 4.26. The molecule has 1 N–H and O–H groups in total. The Hall–Kier alpha value is -0.510. The van der Waals surface area contributed by atoms with E-state index in [1.165, 1.54) is 11.3 Å². The first-order valence-corrected chi connectivity index (χ1v) is 7.98. The fraction of sp³-hybridized carbons (Fsp3) is 0.600. The molecule has 18 heavy (non-hydrogen) atoms. The number of hydrogen-bond acceptors (Lipinski definition) is 3. The maximum atomic E-state index is 3.45. The lowest BCUT2D eigenvalue weighted by atomic mass is 9.94. The van der Waals surface area contributed by atoms with Crippen LogP contribution in [0.15, 0.2) is 30.3 Å². The molecule has 1 rings (SSSR count). The van der Waals surface area contributed by atoms with Gasteiger partial charge in [0.15, 0.2) is 0 Å². The Morgan fingerprint density at radius 2 is 1.94 bits per heavy atom. The normalized spacial score (nSPS) is 14.7. The number of nitrogens with one attached hydrogen (secondary N) is 1. The summed E-state index contributed by atoms with van der Waals surface area (Å²) in [5, 5.41) is 3.45. The van der Waals surface area contributed by atoms with Crippen molar-refractivity contribution in [2.45, 2.75) is 13.0 Å². The molecule has 1 aromatic carbocycles. The quantitative estimate of drug-likeness (QED) is 0.779. The summed E-state index contributed by atoms with van der Waals surface area (Å²) in [6.45, 7) is 4.61. The van der Waals surface area contributed by atoms with Gasteiger partial charge in [-0.2, -0.15) is 11.8 Å². The van der Waals surface area contributed by atoms with Crippen LogP contribution in [0.25, 0.3) is 0 Å². The molecule has 2 atom stereocenters. The molecule has 0 aliphatic rings. The van der Waals surface area contributed by atoms with Gasteiger partial charge in [0.2, 0.25) is 0 Å². The van der Waals surface area contributed by atoms with Crippen LogP contribution in [0, 0.1) is 5.92 Å². The molecular weight excluding hydrogens is 240 g/mol. The Morgan fingerprint density at radius 3 is 2.50 bits per heavy atom. The molecule has 0 aromatic heterocycles. The first-order valence-electron chi connectivity index (χ1n) is 6.58. The molecule has 1 aromatic rings. The monoisotopic (exact) mass is 266 g/mol. The van der Waals surface area contributed by atoms with E-state index in [2.05, 4.69) is 67.8 Å². The number of benzene rings is 1. The number of hydrogen-bond donors (Lipinski definition) is 1. The van der Waals surface area contributed by atoms with Crippen LogP contribution in [0.4, 0.5) is 0 Å². The molecule has 0 saturated carbocycles. The van der Waals surface area contributed by atoms with Gasteiger partial charge in [-0.1, -0.05) is 37.3 Å². The molecule has 0 fully saturated rings. The lowest BCUT2D eigenvalue weighted by Crippen LogP contribution is -2.33. The van der Waals surface area contributed by atoms with Gasteiger partial charge >= 0.3 is 0 Å². The minimum atomic E-state index is 0.433. The Labute approximate surface area is 116 Å². The van der Waals surface area contributed by atoms with E-state index in [1.54, 1.807) is 0 Å². The van der Waals surface area contributed by atoms with Gasteiger partial charge in [0, 0.05) is 24.9 Å². The molecule has 0 radical (unpaired) electrons. The summed E-state index contributed by atoms with van der Waals surface area (Å²) in [5.74, 6) is 1.81. The molecule has 2 unspecified atom stereocenters. The van der Waals surface area contributed by atoms with Crippen LogP contribution < -0.4 is 5.32 Å². The van der Waals surface area contributed by atoms with Crippen molar-refractivity contribution in [3.8, 4) is 0 Å². The Bertz CT molecular complexity index is 316. The maximum Gasteiger partial charge on any atom is 0.0355 e. The highest BCUT2D eigenvalue weighted by Crippen LogP contribution is 2.21. The number of rotatable bonds is 8. The van der Waals surface area contributed by atoms with Gasteiger partial charge in [0.25, 0.3) is 0 Å². The minimum Gasteiger partial charge on any atom is -0.313 e. The summed E-state index contributed by atoms with van der Waals surface area (Å²) in [6.07, 6.45) is 2.16. The molecule has 0 aliphatic heterocycles. The van der Waals surface area contributed by atoms with Crippen LogP contribution in [0.2, 0.25) is 0 Å². The average Bonchev–Trinajstić information content (AvgIpc) is 2.38. The standard InChI is InChI=1S/C15H26N2S/c1-13(12-17(3)10-11-18-4)15(16-2)14-8-6-5-7-9-14/h5-9,13,15-16H,10-12H2,1-4H3. The SMILES string of the molecule is CNC(c1ccccc1)C(C)CN(C)CCSC. The van der Waals surface area contributed by atoms with Crippen molar-refractivity contribution in [1.82, 2.24) is 10.2 Å². The third kappa shape index (κ3) is 5.01. The molecule has 0 saturated heterocycles. The van der Waals surface area contributed by atoms with E-state index in [9.17, 15) is 0 Å². The fourth-order valence-electron chi connectivity index (χ4n) is 2.38. The van der Waals surface area contributed by atoms with Gasteiger partial charge in [0.1, 0.15) is 0 Å². The molecule has 0 aliphatic carbocycles. The molecule has 0 heterocycles. The highest BCUT2D eigenvalue weighted by molar-refractivity contribution is 7.98. The van der Waals surface area contributed by atoms with Gasteiger partial charge in [-0.25, -0.2) is 0 Å². The van der Waals surface area contributed by atoms with Crippen molar-refractivity contribution in [3.05, 3.63) is 35.9 Å². The summed E-state index contributed by atoms with van der Waals surface area (Å²) < 4.78 is 0. The summed E-state index contributed by atoms with van der Waals surface area (Å²) in [4.78, 5) is 2.43. The van der Waals surface area contributed by atoms with E-state index in [-0.39, 0.29) is 0 Å². The fourth-order valence-corrected chi connectivity index (χ4v) is 2.87. The minimum absolute atomic E-state index is 0.433. The lowest BCUT2D eigenvalue weighted by Gasteiger charge is -2.28. The first kappa shape index (κ1) is 15.5. The lowest BCUT2D eigenvalue weighted by molar-refractivity contribution is 0.263. The molecule has 0 bridgehead atoms. The number of nitrogens with zero attached hydrogens (tertiary/aromatic N) is 1. The molecule has 102 valence electrons. The predicted molar refractivity (Wildman–Crippen MR) is 83.3 cm³/mol. The van der Waals surface area contributed by atoms with Crippen LogP contribution in [0.3, 0.4) is 0 Å². The van der Waals surface area contributed by atoms with Crippen LogP contribution in [-0.4, -0.2) is 44.1 Å². The molecule has 2 nitrogen and oxygen atoms in total. The summed E-state index contributed by atoms with van der Waals surface area (Å²) in [5.41, 5.74) is 1.38. The zero-order valence-electron chi connectivity index (χ0n) is 12.0. The number of thioether (sulfide) groups is 1. The molecule has 0 spiro atoms. The van der Waals surface area contributed by atoms with Gasteiger partial charge in [-0.15, -0.1) is 0 Å². The highest BCUT2D eigenvalue weighted by Gasteiger charge is 2.18. The second-order valence-corrected chi connectivity index (χ2v) is 5.89. The van der Waals surface area contributed by atoms with Crippen molar-refractivity contribution < 1.29 is 0 Å². The predicted octanol–water partition coefficient (Wildman–Crippen LogP) is 2.88. The van der Waals surface area contributed by atoms with Crippen molar-refractivity contribution >= 4 is 11.8 Å².